The van der Waals surface area contributed by atoms with Crippen LogP contribution in [0.15, 0.2) is 24.3 Å². The van der Waals surface area contributed by atoms with Crippen LogP contribution < -0.4 is 5.43 Å². The maximum absolute atomic E-state index is 6.40. The molecule has 1 aliphatic heterocycles. The molecule has 1 aromatic carbocycles. The number of hydrogen-bond donors (Lipinski definition) is 1. The maximum atomic E-state index is 6.40. The highest BCUT2D eigenvalue weighted by Gasteiger charge is 2.13. The highest BCUT2D eigenvalue weighted by atomic mass is 35.5. The molecule has 0 unspecified atom stereocenters. The summed E-state index contributed by atoms with van der Waals surface area (Å²) >= 11 is 8.16. The van der Waals surface area contributed by atoms with Gasteiger partial charge in [0.15, 0.2) is 0 Å². The average Bonchev–Trinajstić information content (AvgIpc) is 2.75. The minimum Gasteiger partial charge on any atom is -0.379 e. The molecule has 1 aliphatic rings. The lowest BCUT2D eigenvalue weighted by molar-refractivity contribution is 0.0107. The van der Waals surface area contributed by atoms with Gasteiger partial charge in [0, 0.05) is 34.6 Å². The maximum Gasteiger partial charge on any atom is 0.0637 e. The third kappa shape index (κ3) is 2.53. The molecule has 2 heterocycles. The van der Waals surface area contributed by atoms with Gasteiger partial charge >= 0.3 is 0 Å². The molecule has 1 saturated heterocycles. The molecule has 0 spiro atoms. The SMILES string of the molecule is Clc1c(CNN2CCOCC2)sc2ccccc12. The first kappa shape index (κ1) is 12.4. The van der Waals surface area contributed by atoms with Gasteiger partial charge < -0.3 is 4.74 Å². The van der Waals surface area contributed by atoms with Crippen LogP contribution in [0.2, 0.25) is 5.02 Å². The molecule has 3 rings (SSSR count). The fraction of sp³-hybridized carbons (Fsp3) is 0.385. The zero-order chi connectivity index (χ0) is 12.4. The molecule has 5 heteroatoms. The summed E-state index contributed by atoms with van der Waals surface area (Å²) in [5.74, 6) is 0. The minimum atomic E-state index is 0.790. The van der Waals surface area contributed by atoms with Gasteiger partial charge in [0.05, 0.1) is 18.2 Å². The summed E-state index contributed by atoms with van der Waals surface area (Å²) in [6.07, 6.45) is 0. The van der Waals surface area contributed by atoms with Crippen LogP contribution >= 0.6 is 22.9 Å². The number of nitrogens with one attached hydrogen (secondary N) is 1. The Hall–Kier alpha value is -0.650. The monoisotopic (exact) mass is 282 g/mol. The Morgan fingerprint density at radius 2 is 2.06 bits per heavy atom. The molecule has 18 heavy (non-hydrogen) atoms. The number of ether oxygens (including phenoxy) is 1. The number of thiophene rings is 1. The fourth-order valence-corrected chi connectivity index (χ4v) is 3.52. The van der Waals surface area contributed by atoms with Crippen molar-refractivity contribution in [3.63, 3.8) is 0 Å². The average molecular weight is 283 g/mol. The van der Waals surface area contributed by atoms with Crippen molar-refractivity contribution in [1.82, 2.24) is 10.4 Å². The summed E-state index contributed by atoms with van der Waals surface area (Å²) in [7, 11) is 0. The summed E-state index contributed by atoms with van der Waals surface area (Å²) in [5.41, 5.74) is 3.42. The van der Waals surface area contributed by atoms with E-state index in [0.29, 0.717) is 0 Å². The van der Waals surface area contributed by atoms with E-state index < -0.39 is 0 Å². The van der Waals surface area contributed by atoms with Crippen molar-refractivity contribution in [2.24, 2.45) is 0 Å². The molecule has 0 atom stereocenters. The molecule has 0 aliphatic carbocycles. The Labute approximate surface area is 115 Å². The van der Waals surface area contributed by atoms with Gasteiger partial charge in [-0.1, -0.05) is 29.8 Å². The van der Waals surface area contributed by atoms with Crippen molar-refractivity contribution in [3.05, 3.63) is 34.2 Å². The highest BCUT2D eigenvalue weighted by molar-refractivity contribution is 7.19. The summed E-state index contributed by atoms with van der Waals surface area (Å²) in [5, 5.41) is 4.24. The minimum absolute atomic E-state index is 0.790. The van der Waals surface area contributed by atoms with E-state index in [1.807, 2.05) is 12.1 Å². The first-order valence-electron chi connectivity index (χ1n) is 6.07. The van der Waals surface area contributed by atoms with Crippen LogP contribution in [0, 0.1) is 0 Å². The fourth-order valence-electron chi connectivity index (χ4n) is 2.08. The van der Waals surface area contributed by atoms with Gasteiger partial charge in [0.1, 0.15) is 0 Å². The Kier molecular flexibility index (Phi) is 3.82. The van der Waals surface area contributed by atoms with Crippen molar-refractivity contribution < 1.29 is 4.74 Å². The Morgan fingerprint density at radius 3 is 2.83 bits per heavy atom. The molecule has 96 valence electrons. The van der Waals surface area contributed by atoms with Gasteiger partial charge in [-0.25, -0.2) is 10.4 Å². The van der Waals surface area contributed by atoms with Crippen molar-refractivity contribution >= 4 is 33.0 Å². The van der Waals surface area contributed by atoms with Crippen LogP contribution in [0.5, 0.6) is 0 Å². The van der Waals surface area contributed by atoms with Gasteiger partial charge in [-0.05, 0) is 6.07 Å². The molecule has 2 aromatic rings. The Morgan fingerprint density at radius 1 is 1.28 bits per heavy atom. The van der Waals surface area contributed by atoms with Gasteiger partial charge in [0.25, 0.3) is 0 Å². The van der Waals surface area contributed by atoms with E-state index in [2.05, 4.69) is 22.6 Å². The number of hydrogen-bond acceptors (Lipinski definition) is 4. The Balaban J connectivity index is 1.72. The van der Waals surface area contributed by atoms with Crippen LogP contribution in [0.4, 0.5) is 0 Å². The lowest BCUT2D eigenvalue weighted by Gasteiger charge is -2.27. The standard InChI is InChI=1S/C13H15ClN2OS/c14-13-10-3-1-2-4-11(10)18-12(13)9-15-16-5-7-17-8-6-16/h1-4,15H,5-9H2. The number of rotatable bonds is 3. The molecule has 1 fully saturated rings. The molecular formula is C13H15ClN2OS. The van der Waals surface area contributed by atoms with Gasteiger partial charge in [-0.15, -0.1) is 11.3 Å². The summed E-state index contributed by atoms with van der Waals surface area (Å²) in [4.78, 5) is 1.20. The number of benzene rings is 1. The lowest BCUT2D eigenvalue weighted by Crippen LogP contribution is -2.45. The normalized spacial score (nSPS) is 17.4. The molecule has 0 amide bonds. The second-order valence-corrected chi connectivity index (χ2v) is 5.78. The van der Waals surface area contributed by atoms with Gasteiger partial charge in [-0.2, -0.15) is 0 Å². The predicted octanol–water partition coefficient (Wildman–Crippen LogP) is 2.89. The van der Waals surface area contributed by atoms with E-state index in [1.54, 1.807) is 11.3 Å². The lowest BCUT2D eigenvalue weighted by atomic mass is 10.2. The summed E-state index contributed by atoms with van der Waals surface area (Å²) < 4.78 is 6.57. The first-order chi connectivity index (χ1) is 8.84. The van der Waals surface area contributed by atoms with E-state index in [4.69, 9.17) is 16.3 Å². The number of fused-ring (bicyclic) bond motifs is 1. The first-order valence-corrected chi connectivity index (χ1v) is 7.26. The molecule has 3 nitrogen and oxygen atoms in total. The number of halogens is 1. The molecule has 1 N–H and O–H groups in total. The molecule has 0 bridgehead atoms. The van der Waals surface area contributed by atoms with Crippen LogP contribution in [-0.4, -0.2) is 31.3 Å². The molecular weight excluding hydrogens is 268 g/mol. The molecule has 1 aromatic heterocycles. The predicted molar refractivity (Wildman–Crippen MR) is 76.1 cm³/mol. The zero-order valence-electron chi connectivity index (χ0n) is 9.99. The van der Waals surface area contributed by atoms with Crippen molar-refractivity contribution in [3.8, 4) is 0 Å². The third-order valence-electron chi connectivity index (χ3n) is 3.08. The van der Waals surface area contributed by atoms with Crippen molar-refractivity contribution in [2.75, 3.05) is 26.3 Å². The third-order valence-corrected chi connectivity index (χ3v) is 4.79. The number of nitrogens with zero attached hydrogens (tertiary/aromatic N) is 1. The summed E-state index contributed by atoms with van der Waals surface area (Å²) in [6, 6.07) is 8.27. The van der Waals surface area contributed by atoms with Crippen molar-refractivity contribution in [2.45, 2.75) is 6.54 Å². The topological polar surface area (TPSA) is 24.5 Å². The smallest absolute Gasteiger partial charge is 0.0637 e. The second-order valence-electron chi connectivity index (χ2n) is 4.27. The molecule has 0 saturated carbocycles. The van der Waals surface area contributed by atoms with Gasteiger partial charge in [-0.3, -0.25) is 0 Å². The second kappa shape index (κ2) is 5.55. The zero-order valence-corrected chi connectivity index (χ0v) is 11.6. The largest absolute Gasteiger partial charge is 0.379 e. The van der Waals surface area contributed by atoms with Crippen LogP contribution in [0.25, 0.3) is 10.1 Å². The van der Waals surface area contributed by atoms with E-state index in [0.717, 1.165) is 43.3 Å². The quantitative estimate of drug-likeness (QED) is 0.937. The van der Waals surface area contributed by atoms with Crippen LogP contribution in [0.1, 0.15) is 4.88 Å². The van der Waals surface area contributed by atoms with Crippen LogP contribution in [0.3, 0.4) is 0 Å². The summed E-state index contributed by atoms with van der Waals surface area (Å²) in [6.45, 7) is 4.25. The van der Waals surface area contributed by atoms with E-state index >= 15 is 0 Å². The Bertz CT molecular complexity index is 537. The van der Waals surface area contributed by atoms with Crippen LogP contribution in [-0.2, 0) is 11.3 Å². The van der Waals surface area contributed by atoms with Crippen molar-refractivity contribution in [1.29, 1.82) is 0 Å². The number of hydrazine groups is 1. The van der Waals surface area contributed by atoms with Gasteiger partial charge in [0.2, 0.25) is 0 Å². The van der Waals surface area contributed by atoms with E-state index in [1.165, 1.54) is 9.58 Å². The van der Waals surface area contributed by atoms with E-state index in [9.17, 15) is 0 Å². The number of morpholine rings is 1. The van der Waals surface area contributed by atoms with E-state index in [-0.39, 0.29) is 0 Å². The highest BCUT2D eigenvalue weighted by Crippen LogP contribution is 2.34. The molecule has 0 radical (unpaired) electrons.